The first-order valence-electron chi connectivity index (χ1n) is 2.51. The molecule has 0 aromatic rings. The molecule has 0 radical (unpaired) electrons. The summed E-state index contributed by atoms with van der Waals surface area (Å²) < 4.78 is 35.3. The van der Waals surface area contributed by atoms with Crippen molar-refractivity contribution < 1.29 is 18.0 Å². The highest BCUT2D eigenvalue weighted by atomic mass is 35.5. The molecule has 0 fully saturated rings. The minimum absolute atomic E-state index is 1.31. The minimum atomic E-state index is -2.25. The molecule has 0 aromatic heterocycles. The van der Waals surface area contributed by atoms with Gasteiger partial charge < -0.3 is 0 Å². The number of hydrogen-bond acceptors (Lipinski definition) is 1. The average Bonchev–Trinajstić information content (AvgIpc) is 1.92. The van der Waals surface area contributed by atoms with Crippen molar-refractivity contribution >= 4 is 16.8 Å². The van der Waals surface area contributed by atoms with Crippen molar-refractivity contribution in [2.75, 3.05) is 20.0 Å². The van der Waals surface area contributed by atoms with E-state index in [2.05, 4.69) is 0 Å². The highest BCUT2D eigenvalue weighted by molar-refractivity contribution is 6.64. The second kappa shape index (κ2) is 3.81. The number of halogens is 4. The van der Waals surface area contributed by atoms with Gasteiger partial charge in [0.25, 0.3) is 0 Å². The van der Waals surface area contributed by atoms with Crippen molar-refractivity contribution in [1.82, 2.24) is 0 Å². The van der Waals surface area contributed by atoms with Gasteiger partial charge in [0.2, 0.25) is 5.24 Å². The zero-order chi connectivity index (χ0) is 8.20. The van der Waals surface area contributed by atoms with Crippen LogP contribution in [0.5, 0.6) is 0 Å². The summed E-state index contributed by atoms with van der Waals surface area (Å²) >= 11 is 4.74. The van der Waals surface area contributed by atoms with Crippen LogP contribution < -0.4 is 0 Å². The van der Waals surface area contributed by atoms with E-state index in [1.807, 2.05) is 0 Å². The first-order valence-corrected chi connectivity index (χ1v) is 2.88. The Morgan fingerprint density at radius 1 is 1.20 bits per heavy atom. The van der Waals surface area contributed by atoms with E-state index in [1.165, 1.54) is 0 Å². The highest BCUT2D eigenvalue weighted by Gasteiger charge is 2.38. The summed E-state index contributed by atoms with van der Waals surface area (Å²) in [5, 5.41) is -1.31. The van der Waals surface area contributed by atoms with Crippen molar-refractivity contribution in [1.29, 1.82) is 0 Å². The molecule has 0 rings (SSSR count). The Bertz CT molecular complexity index is 116. The van der Waals surface area contributed by atoms with Crippen LogP contribution in [0.3, 0.4) is 0 Å². The van der Waals surface area contributed by atoms with Crippen LogP contribution in [0.25, 0.3) is 0 Å². The molecule has 5 heteroatoms. The lowest BCUT2D eigenvalue weighted by Crippen LogP contribution is -2.34. The summed E-state index contributed by atoms with van der Waals surface area (Å²) in [5.74, 6) is 0. The molecular weight excluding hydrogens is 169 g/mol. The van der Waals surface area contributed by atoms with Gasteiger partial charge in [-0.05, 0) is 11.6 Å². The van der Waals surface area contributed by atoms with E-state index < -0.39 is 30.7 Å². The molecular formula is C5H6ClF3O. The van der Waals surface area contributed by atoms with E-state index in [4.69, 9.17) is 11.6 Å². The average molecular weight is 175 g/mol. The van der Waals surface area contributed by atoms with Crippen molar-refractivity contribution in [2.24, 2.45) is 5.41 Å². The Morgan fingerprint density at radius 2 is 1.50 bits per heavy atom. The summed E-state index contributed by atoms with van der Waals surface area (Å²) in [6, 6.07) is 0. The molecule has 0 heterocycles. The molecule has 0 aromatic carbocycles. The number of alkyl halides is 3. The lowest BCUT2D eigenvalue weighted by molar-refractivity contribution is -0.123. The lowest BCUT2D eigenvalue weighted by atomic mass is 9.95. The minimum Gasteiger partial charge on any atom is -0.280 e. The van der Waals surface area contributed by atoms with Crippen LogP contribution in [0.1, 0.15) is 0 Å². The molecule has 10 heavy (non-hydrogen) atoms. The topological polar surface area (TPSA) is 17.1 Å². The maximum absolute atomic E-state index is 11.8. The van der Waals surface area contributed by atoms with E-state index in [1.54, 1.807) is 0 Å². The van der Waals surface area contributed by atoms with Gasteiger partial charge in [0, 0.05) is 0 Å². The number of carbonyl (C=O) groups is 1. The molecule has 0 saturated carbocycles. The first kappa shape index (κ1) is 9.75. The fourth-order valence-corrected chi connectivity index (χ4v) is 0.416. The SMILES string of the molecule is O=C(Cl)C(CF)(CF)CF. The van der Waals surface area contributed by atoms with E-state index in [0.29, 0.717) is 0 Å². The van der Waals surface area contributed by atoms with Crippen molar-refractivity contribution in [3.05, 3.63) is 0 Å². The third-order valence-corrected chi connectivity index (χ3v) is 1.59. The molecule has 0 aliphatic rings. The monoisotopic (exact) mass is 174 g/mol. The van der Waals surface area contributed by atoms with Crippen LogP contribution in [0.2, 0.25) is 0 Å². The predicted octanol–water partition coefficient (Wildman–Crippen LogP) is 1.65. The van der Waals surface area contributed by atoms with Gasteiger partial charge in [-0.25, -0.2) is 13.2 Å². The van der Waals surface area contributed by atoms with Gasteiger partial charge in [0.1, 0.15) is 25.4 Å². The van der Waals surface area contributed by atoms with E-state index >= 15 is 0 Å². The van der Waals surface area contributed by atoms with Crippen LogP contribution in [0, 0.1) is 5.41 Å². The number of carbonyl (C=O) groups excluding carboxylic acids is 1. The van der Waals surface area contributed by atoms with Gasteiger partial charge in [0.05, 0.1) is 0 Å². The molecule has 0 unspecified atom stereocenters. The van der Waals surface area contributed by atoms with Gasteiger partial charge in [-0.3, -0.25) is 4.79 Å². The van der Waals surface area contributed by atoms with Crippen LogP contribution in [0.4, 0.5) is 13.2 Å². The molecule has 0 aliphatic carbocycles. The molecule has 0 N–H and O–H groups in total. The van der Waals surface area contributed by atoms with Gasteiger partial charge in [-0.15, -0.1) is 0 Å². The Morgan fingerprint density at radius 3 is 1.50 bits per heavy atom. The number of rotatable bonds is 4. The summed E-state index contributed by atoms with van der Waals surface area (Å²) in [7, 11) is 0. The fraction of sp³-hybridized carbons (Fsp3) is 0.800. The van der Waals surface area contributed by atoms with E-state index in [0.717, 1.165) is 0 Å². The van der Waals surface area contributed by atoms with Crippen LogP contribution in [-0.4, -0.2) is 25.3 Å². The van der Waals surface area contributed by atoms with Crippen LogP contribution in [0.15, 0.2) is 0 Å². The van der Waals surface area contributed by atoms with Crippen molar-refractivity contribution in [2.45, 2.75) is 0 Å². The fourth-order valence-electron chi connectivity index (χ4n) is 0.265. The summed E-state index contributed by atoms with van der Waals surface area (Å²) in [4.78, 5) is 10.2. The third kappa shape index (κ3) is 1.62. The Kier molecular flexibility index (Phi) is 3.71. The smallest absolute Gasteiger partial charge is 0.235 e. The first-order chi connectivity index (χ1) is 4.63. The van der Waals surface area contributed by atoms with Gasteiger partial charge in [0.15, 0.2) is 0 Å². The highest BCUT2D eigenvalue weighted by Crippen LogP contribution is 2.22. The zero-order valence-electron chi connectivity index (χ0n) is 5.04. The van der Waals surface area contributed by atoms with Crippen molar-refractivity contribution in [3.8, 4) is 0 Å². The molecule has 0 bridgehead atoms. The normalized spacial score (nSPS) is 11.6. The van der Waals surface area contributed by atoms with Gasteiger partial charge in [-0.2, -0.15) is 0 Å². The molecule has 0 spiro atoms. The quantitative estimate of drug-likeness (QED) is 0.593. The summed E-state index contributed by atoms with van der Waals surface area (Å²) in [5.41, 5.74) is -2.25. The summed E-state index contributed by atoms with van der Waals surface area (Å²) in [6.45, 7) is -4.20. The standard InChI is InChI=1S/C5H6ClF3O/c6-4(10)5(1-7,2-8)3-9/h1-3H2. The van der Waals surface area contributed by atoms with E-state index in [-0.39, 0.29) is 0 Å². The second-order valence-corrected chi connectivity index (χ2v) is 2.30. The van der Waals surface area contributed by atoms with E-state index in [9.17, 15) is 18.0 Å². The molecule has 0 aliphatic heterocycles. The van der Waals surface area contributed by atoms with Gasteiger partial charge >= 0.3 is 0 Å². The Labute approximate surface area is 61.2 Å². The molecule has 0 atom stereocenters. The van der Waals surface area contributed by atoms with Crippen LogP contribution >= 0.6 is 11.6 Å². The molecule has 1 nitrogen and oxygen atoms in total. The van der Waals surface area contributed by atoms with Gasteiger partial charge in [-0.1, -0.05) is 0 Å². The number of hydrogen-bond donors (Lipinski definition) is 0. The predicted molar refractivity (Wildman–Crippen MR) is 31.2 cm³/mol. The molecule has 0 saturated heterocycles. The summed E-state index contributed by atoms with van der Waals surface area (Å²) in [6.07, 6.45) is 0. The molecule has 0 amide bonds. The maximum Gasteiger partial charge on any atom is 0.235 e. The zero-order valence-corrected chi connectivity index (χ0v) is 5.80. The third-order valence-electron chi connectivity index (χ3n) is 1.18. The second-order valence-electron chi connectivity index (χ2n) is 1.95. The Balaban J connectivity index is 4.31. The maximum atomic E-state index is 11.8. The Hall–Kier alpha value is -0.250. The van der Waals surface area contributed by atoms with Crippen LogP contribution in [-0.2, 0) is 4.79 Å². The lowest BCUT2D eigenvalue weighted by Gasteiger charge is -2.17. The largest absolute Gasteiger partial charge is 0.280 e. The molecule has 60 valence electrons. The van der Waals surface area contributed by atoms with Crippen molar-refractivity contribution in [3.63, 3.8) is 0 Å².